The van der Waals surface area contributed by atoms with Crippen LogP contribution in [0.15, 0.2) is 28.7 Å². The lowest BCUT2D eigenvalue weighted by Crippen LogP contribution is -2.24. The fourth-order valence-electron chi connectivity index (χ4n) is 4.36. The van der Waals surface area contributed by atoms with Gasteiger partial charge in [0.25, 0.3) is 0 Å². The summed E-state index contributed by atoms with van der Waals surface area (Å²) in [6.07, 6.45) is 10.9. The Morgan fingerprint density at radius 3 is 2.52 bits per heavy atom. The lowest BCUT2D eigenvalue weighted by atomic mass is 9.78. The molecule has 0 bridgehead atoms. The minimum Gasteiger partial charge on any atom is -0.383 e. The van der Waals surface area contributed by atoms with Crippen LogP contribution in [0.25, 0.3) is 0 Å². The van der Waals surface area contributed by atoms with E-state index >= 15 is 0 Å². The van der Waals surface area contributed by atoms with Gasteiger partial charge in [0.2, 0.25) is 0 Å². The van der Waals surface area contributed by atoms with Gasteiger partial charge in [0.1, 0.15) is 12.1 Å². The van der Waals surface area contributed by atoms with E-state index < -0.39 is 0 Å². The second kappa shape index (κ2) is 12.2. The summed E-state index contributed by atoms with van der Waals surface area (Å²) in [7, 11) is 0. The predicted octanol–water partition coefficient (Wildman–Crippen LogP) is 6.13. The molecule has 1 aliphatic rings. The molecule has 3 atom stereocenters. The van der Waals surface area contributed by atoms with Crippen LogP contribution in [0.1, 0.15) is 99.3 Å². The van der Waals surface area contributed by atoms with Gasteiger partial charge in [-0.2, -0.15) is 0 Å². The van der Waals surface area contributed by atoms with E-state index in [9.17, 15) is 4.79 Å². The van der Waals surface area contributed by atoms with E-state index in [2.05, 4.69) is 46.5 Å². The standard InChI is InChI=1S/C25H45N3O/c1-8-23(28-24(26)21(6)27-18(2)3)20(5)16-19(4)22-12-10-9-11-14-25(7,17-29)15-13-22/h17-18,20,22,27H,4,8-16,26H2,1-3,5-7H3/b24-21+,28-23-. The number of nitrogens with one attached hydrogen (secondary N) is 1. The third kappa shape index (κ3) is 8.76. The molecule has 0 amide bonds. The maximum atomic E-state index is 11.6. The zero-order valence-electron chi connectivity index (χ0n) is 19.8. The summed E-state index contributed by atoms with van der Waals surface area (Å²) in [4.78, 5) is 16.4. The van der Waals surface area contributed by atoms with Crippen molar-refractivity contribution in [3.8, 4) is 0 Å². The molecule has 1 saturated carbocycles. The highest BCUT2D eigenvalue weighted by Gasteiger charge is 2.27. The van der Waals surface area contributed by atoms with Crippen LogP contribution in [0.4, 0.5) is 0 Å². The van der Waals surface area contributed by atoms with Crippen molar-refractivity contribution < 1.29 is 4.79 Å². The van der Waals surface area contributed by atoms with Gasteiger partial charge in [0.15, 0.2) is 0 Å². The minimum atomic E-state index is -0.162. The summed E-state index contributed by atoms with van der Waals surface area (Å²) < 4.78 is 0. The summed E-state index contributed by atoms with van der Waals surface area (Å²) in [6.45, 7) is 17.1. The molecular weight excluding hydrogens is 358 g/mol. The summed E-state index contributed by atoms with van der Waals surface area (Å²) in [5, 5.41) is 3.34. The molecule has 0 aromatic rings. The van der Waals surface area contributed by atoms with Gasteiger partial charge in [0.05, 0.1) is 5.70 Å². The van der Waals surface area contributed by atoms with Crippen LogP contribution >= 0.6 is 0 Å². The third-order valence-corrected chi connectivity index (χ3v) is 6.38. The number of nitrogens with two attached hydrogens (primary N) is 1. The lowest BCUT2D eigenvalue weighted by molar-refractivity contribution is -0.116. The van der Waals surface area contributed by atoms with Crippen molar-refractivity contribution in [2.24, 2.45) is 28.0 Å². The Kier molecular flexibility index (Phi) is 10.7. The Morgan fingerprint density at radius 1 is 1.24 bits per heavy atom. The minimum absolute atomic E-state index is 0.162. The Morgan fingerprint density at radius 2 is 1.93 bits per heavy atom. The molecule has 1 rings (SSSR count). The third-order valence-electron chi connectivity index (χ3n) is 6.38. The van der Waals surface area contributed by atoms with Crippen LogP contribution in [-0.4, -0.2) is 18.0 Å². The van der Waals surface area contributed by atoms with E-state index in [1.807, 2.05) is 6.92 Å². The van der Waals surface area contributed by atoms with E-state index in [0.717, 1.165) is 49.9 Å². The van der Waals surface area contributed by atoms with Crippen molar-refractivity contribution in [2.75, 3.05) is 0 Å². The summed E-state index contributed by atoms with van der Waals surface area (Å²) in [6, 6.07) is 0.339. The van der Waals surface area contributed by atoms with Gasteiger partial charge in [0, 0.05) is 17.2 Å². The average molecular weight is 404 g/mol. The van der Waals surface area contributed by atoms with E-state index in [1.54, 1.807) is 0 Å². The molecule has 1 aliphatic carbocycles. The van der Waals surface area contributed by atoms with Crippen LogP contribution in [0, 0.1) is 17.3 Å². The molecular formula is C25H45N3O. The summed E-state index contributed by atoms with van der Waals surface area (Å²) in [5.41, 5.74) is 9.44. The fourth-order valence-corrected chi connectivity index (χ4v) is 4.36. The first-order valence-electron chi connectivity index (χ1n) is 11.6. The summed E-state index contributed by atoms with van der Waals surface area (Å²) in [5.74, 6) is 1.41. The highest BCUT2D eigenvalue weighted by molar-refractivity contribution is 5.87. The molecule has 0 heterocycles. The molecule has 3 N–H and O–H groups in total. The highest BCUT2D eigenvalue weighted by atomic mass is 16.1. The van der Waals surface area contributed by atoms with Gasteiger partial charge in [-0.15, -0.1) is 0 Å². The van der Waals surface area contributed by atoms with E-state index in [0.29, 0.717) is 23.7 Å². The number of rotatable bonds is 9. The molecule has 1 fully saturated rings. The van der Waals surface area contributed by atoms with Crippen molar-refractivity contribution in [1.29, 1.82) is 0 Å². The van der Waals surface area contributed by atoms with Crippen molar-refractivity contribution in [2.45, 2.75) is 105 Å². The monoisotopic (exact) mass is 403 g/mol. The largest absolute Gasteiger partial charge is 0.383 e. The van der Waals surface area contributed by atoms with Crippen molar-refractivity contribution >= 4 is 12.0 Å². The average Bonchev–Trinajstić information content (AvgIpc) is 2.76. The number of hydrogen-bond acceptors (Lipinski definition) is 4. The molecule has 0 radical (unpaired) electrons. The second-order valence-electron chi connectivity index (χ2n) is 9.64. The fraction of sp³-hybridized carbons (Fsp3) is 0.760. The first-order chi connectivity index (χ1) is 13.6. The van der Waals surface area contributed by atoms with Crippen molar-refractivity contribution in [1.82, 2.24) is 5.32 Å². The molecule has 0 saturated heterocycles. The normalized spacial score (nSPS) is 26.0. The lowest BCUT2D eigenvalue weighted by Gasteiger charge is -2.26. The van der Waals surface area contributed by atoms with E-state index in [-0.39, 0.29) is 5.41 Å². The first kappa shape index (κ1) is 25.5. The zero-order chi connectivity index (χ0) is 22.0. The Labute approximate surface area is 179 Å². The molecule has 0 aliphatic heterocycles. The highest BCUT2D eigenvalue weighted by Crippen LogP contribution is 2.36. The van der Waals surface area contributed by atoms with Crippen LogP contribution < -0.4 is 11.1 Å². The number of allylic oxidation sites excluding steroid dienone is 2. The number of hydrogen-bond donors (Lipinski definition) is 2. The molecule has 0 aromatic carbocycles. The van der Waals surface area contributed by atoms with Gasteiger partial charge >= 0.3 is 0 Å². The Hall–Kier alpha value is -1.58. The molecule has 166 valence electrons. The number of carbonyl (C=O) groups is 1. The topological polar surface area (TPSA) is 67.5 Å². The quantitative estimate of drug-likeness (QED) is 0.276. The maximum Gasteiger partial charge on any atom is 0.142 e. The molecule has 3 unspecified atom stereocenters. The van der Waals surface area contributed by atoms with Gasteiger partial charge in [-0.3, -0.25) is 0 Å². The second-order valence-corrected chi connectivity index (χ2v) is 9.64. The summed E-state index contributed by atoms with van der Waals surface area (Å²) >= 11 is 0. The van der Waals surface area contributed by atoms with Crippen LogP contribution in [0.3, 0.4) is 0 Å². The van der Waals surface area contributed by atoms with Gasteiger partial charge in [-0.05, 0) is 71.1 Å². The van der Waals surface area contributed by atoms with Gasteiger partial charge in [-0.25, -0.2) is 4.99 Å². The van der Waals surface area contributed by atoms with Crippen LogP contribution in [0.5, 0.6) is 0 Å². The molecule has 4 heteroatoms. The SMILES string of the molecule is C=C(CC(C)/C(CC)=N\C(N)=C(/C)NC(C)C)C1CCCCCC(C)(C=O)CC1. The van der Waals surface area contributed by atoms with Gasteiger partial charge < -0.3 is 15.8 Å². The Bertz CT molecular complexity index is 605. The first-order valence-corrected chi connectivity index (χ1v) is 11.6. The number of carbonyl (C=O) groups excluding carboxylic acids is 1. The zero-order valence-corrected chi connectivity index (χ0v) is 19.8. The molecule has 0 spiro atoms. The Balaban J connectivity index is 2.83. The van der Waals surface area contributed by atoms with E-state index in [4.69, 9.17) is 10.7 Å². The molecule has 29 heavy (non-hydrogen) atoms. The number of aldehydes is 1. The number of aliphatic imine (C=N–C) groups is 1. The van der Waals surface area contributed by atoms with Gasteiger partial charge in [-0.1, -0.05) is 52.2 Å². The van der Waals surface area contributed by atoms with Crippen molar-refractivity contribution in [3.63, 3.8) is 0 Å². The number of nitrogens with zero attached hydrogens (tertiary/aromatic N) is 1. The predicted molar refractivity (Wildman–Crippen MR) is 126 cm³/mol. The molecule has 4 nitrogen and oxygen atoms in total. The van der Waals surface area contributed by atoms with Crippen LogP contribution in [-0.2, 0) is 4.79 Å². The van der Waals surface area contributed by atoms with E-state index in [1.165, 1.54) is 31.1 Å². The van der Waals surface area contributed by atoms with Crippen molar-refractivity contribution in [3.05, 3.63) is 23.7 Å². The van der Waals surface area contributed by atoms with Crippen LogP contribution in [0.2, 0.25) is 0 Å². The maximum absolute atomic E-state index is 11.6. The molecule has 0 aromatic heterocycles. The smallest absolute Gasteiger partial charge is 0.142 e.